The van der Waals surface area contributed by atoms with Crippen molar-refractivity contribution in [3.63, 3.8) is 0 Å². The number of aldehydes is 2. The molecular formula is C8H16O2. The highest BCUT2D eigenvalue weighted by atomic mass is 16.1. The van der Waals surface area contributed by atoms with Gasteiger partial charge in [-0.3, -0.25) is 0 Å². The van der Waals surface area contributed by atoms with Gasteiger partial charge in [0.2, 0.25) is 0 Å². The third-order valence-electron chi connectivity index (χ3n) is 1.24. The van der Waals surface area contributed by atoms with E-state index in [9.17, 15) is 4.79 Å². The van der Waals surface area contributed by atoms with Crippen LogP contribution in [0.3, 0.4) is 0 Å². The normalized spacial score (nSPS) is 8.00. The van der Waals surface area contributed by atoms with Crippen molar-refractivity contribution in [1.29, 1.82) is 0 Å². The third kappa shape index (κ3) is 10.3. The molecule has 10 heavy (non-hydrogen) atoms. The fourth-order valence-electron chi connectivity index (χ4n) is 0.481. The monoisotopic (exact) mass is 144 g/mol. The van der Waals surface area contributed by atoms with Crippen LogP contribution in [0.15, 0.2) is 0 Å². The summed E-state index contributed by atoms with van der Waals surface area (Å²) in [5.74, 6) is 0.306. The Kier molecular flexibility index (Phi) is 13.5. The molecule has 0 spiro atoms. The molecular weight excluding hydrogens is 128 g/mol. The summed E-state index contributed by atoms with van der Waals surface area (Å²) in [6, 6.07) is 0. The Hall–Kier alpha value is -0.660. The van der Waals surface area contributed by atoms with Crippen LogP contribution in [0, 0.1) is 5.92 Å². The van der Waals surface area contributed by atoms with Crippen LogP contribution in [-0.4, -0.2) is 12.6 Å². The van der Waals surface area contributed by atoms with Gasteiger partial charge in [-0.1, -0.05) is 13.8 Å². The second kappa shape index (κ2) is 11.2. The quantitative estimate of drug-likeness (QED) is 0.566. The molecule has 0 bridgehead atoms. The second-order valence-corrected chi connectivity index (χ2v) is 1.95. The Morgan fingerprint density at radius 3 is 1.50 bits per heavy atom. The average Bonchev–Trinajstić information content (AvgIpc) is 1.93. The first-order chi connectivity index (χ1) is 4.76. The summed E-state index contributed by atoms with van der Waals surface area (Å²) in [6.07, 6.45) is 3.75. The van der Waals surface area contributed by atoms with E-state index < -0.39 is 0 Å². The summed E-state index contributed by atoms with van der Waals surface area (Å²) in [6.45, 7) is 5.51. The third-order valence-corrected chi connectivity index (χ3v) is 1.24. The number of rotatable bonds is 3. The summed E-state index contributed by atoms with van der Waals surface area (Å²) in [5, 5.41) is 0. The van der Waals surface area contributed by atoms with Gasteiger partial charge in [-0.25, -0.2) is 0 Å². The molecule has 0 rings (SSSR count). The molecule has 0 aliphatic rings. The fourth-order valence-corrected chi connectivity index (χ4v) is 0.481. The Morgan fingerprint density at radius 2 is 1.50 bits per heavy atom. The van der Waals surface area contributed by atoms with Gasteiger partial charge in [0.15, 0.2) is 0 Å². The molecule has 0 heterocycles. The second-order valence-electron chi connectivity index (χ2n) is 1.95. The maximum atomic E-state index is 9.97. The zero-order valence-electron chi connectivity index (χ0n) is 6.96. The Balaban J connectivity index is 0. The number of hydrogen-bond acceptors (Lipinski definition) is 2. The van der Waals surface area contributed by atoms with Gasteiger partial charge in [-0.15, -0.1) is 0 Å². The van der Waals surface area contributed by atoms with Crippen molar-refractivity contribution in [2.45, 2.75) is 33.6 Å². The highest BCUT2D eigenvalue weighted by molar-refractivity contribution is 5.52. The van der Waals surface area contributed by atoms with Crippen molar-refractivity contribution in [2.24, 2.45) is 5.92 Å². The van der Waals surface area contributed by atoms with Crippen LogP contribution in [0.2, 0.25) is 0 Å². The van der Waals surface area contributed by atoms with Gasteiger partial charge in [-0.05, 0) is 19.8 Å². The van der Waals surface area contributed by atoms with Crippen molar-refractivity contribution >= 4 is 12.6 Å². The molecule has 0 radical (unpaired) electrons. The van der Waals surface area contributed by atoms with Gasteiger partial charge in [0.1, 0.15) is 12.6 Å². The van der Waals surface area contributed by atoms with Gasteiger partial charge in [0.25, 0.3) is 0 Å². The van der Waals surface area contributed by atoms with E-state index in [4.69, 9.17) is 4.79 Å². The first kappa shape index (κ1) is 12.1. The zero-order valence-corrected chi connectivity index (χ0v) is 6.96. The lowest BCUT2D eigenvalue weighted by molar-refractivity contribution is -0.111. The molecule has 0 saturated carbocycles. The molecule has 0 amide bonds. The Morgan fingerprint density at radius 1 is 1.20 bits per heavy atom. The number of carbonyl (C=O) groups excluding carboxylic acids is 2. The molecule has 0 saturated heterocycles. The van der Waals surface area contributed by atoms with Crippen LogP contribution in [0.25, 0.3) is 0 Å². The lowest BCUT2D eigenvalue weighted by atomic mass is 10.1. The molecule has 2 heteroatoms. The van der Waals surface area contributed by atoms with Crippen molar-refractivity contribution in [2.75, 3.05) is 0 Å². The lowest BCUT2D eigenvalue weighted by Crippen LogP contribution is -1.95. The van der Waals surface area contributed by atoms with E-state index in [-0.39, 0.29) is 0 Å². The van der Waals surface area contributed by atoms with E-state index in [1.807, 2.05) is 13.8 Å². The Bertz CT molecular complexity index is 75.3. The SMILES string of the molecule is CC=O.CCC(C=O)CC. The maximum Gasteiger partial charge on any atom is 0.123 e. The van der Waals surface area contributed by atoms with Crippen LogP contribution in [0.1, 0.15) is 33.6 Å². The van der Waals surface area contributed by atoms with Crippen molar-refractivity contribution < 1.29 is 9.59 Å². The van der Waals surface area contributed by atoms with E-state index >= 15 is 0 Å². The number of hydrogen-bond donors (Lipinski definition) is 0. The first-order valence-corrected chi connectivity index (χ1v) is 3.61. The topological polar surface area (TPSA) is 34.1 Å². The van der Waals surface area contributed by atoms with Gasteiger partial charge >= 0.3 is 0 Å². The molecule has 0 aromatic carbocycles. The maximum absolute atomic E-state index is 9.97. The molecule has 0 aliphatic heterocycles. The highest BCUT2D eigenvalue weighted by Gasteiger charge is 1.96. The molecule has 0 N–H and O–H groups in total. The number of carbonyl (C=O) groups is 2. The Labute approximate surface area is 62.6 Å². The van der Waals surface area contributed by atoms with Crippen molar-refractivity contribution in [3.05, 3.63) is 0 Å². The molecule has 2 nitrogen and oxygen atoms in total. The standard InChI is InChI=1S/C6H12O.C2H4O/c1-3-6(4-2)5-7;1-2-3/h5-6H,3-4H2,1-2H3;2H,1H3. The largest absolute Gasteiger partial charge is 0.304 e. The van der Waals surface area contributed by atoms with Crippen LogP contribution in [-0.2, 0) is 9.59 Å². The minimum Gasteiger partial charge on any atom is -0.304 e. The van der Waals surface area contributed by atoms with Gasteiger partial charge in [0, 0.05) is 5.92 Å². The average molecular weight is 144 g/mol. The highest BCUT2D eigenvalue weighted by Crippen LogP contribution is 2.01. The molecule has 60 valence electrons. The van der Waals surface area contributed by atoms with Crippen LogP contribution in [0.5, 0.6) is 0 Å². The summed E-state index contributed by atoms with van der Waals surface area (Å²) < 4.78 is 0. The van der Waals surface area contributed by atoms with E-state index in [0.717, 1.165) is 25.4 Å². The van der Waals surface area contributed by atoms with Gasteiger partial charge in [-0.2, -0.15) is 0 Å². The van der Waals surface area contributed by atoms with Gasteiger partial charge in [0.05, 0.1) is 0 Å². The van der Waals surface area contributed by atoms with Crippen LogP contribution < -0.4 is 0 Å². The smallest absolute Gasteiger partial charge is 0.123 e. The minimum absolute atomic E-state index is 0.306. The molecule has 0 fully saturated rings. The summed E-state index contributed by atoms with van der Waals surface area (Å²) in [7, 11) is 0. The van der Waals surface area contributed by atoms with E-state index in [2.05, 4.69) is 0 Å². The summed E-state index contributed by atoms with van der Waals surface area (Å²) in [4.78, 5) is 18.8. The minimum atomic E-state index is 0.306. The summed E-state index contributed by atoms with van der Waals surface area (Å²) in [5.41, 5.74) is 0. The molecule has 0 unspecified atom stereocenters. The summed E-state index contributed by atoms with van der Waals surface area (Å²) >= 11 is 0. The van der Waals surface area contributed by atoms with Crippen LogP contribution in [0.4, 0.5) is 0 Å². The van der Waals surface area contributed by atoms with Crippen molar-refractivity contribution in [3.8, 4) is 0 Å². The van der Waals surface area contributed by atoms with E-state index in [1.165, 1.54) is 6.92 Å². The molecule has 0 aliphatic carbocycles. The van der Waals surface area contributed by atoms with Crippen molar-refractivity contribution in [1.82, 2.24) is 0 Å². The molecule has 0 atom stereocenters. The predicted octanol–water partition coefficient (Wildman–Crippen LogP) is 1.83. The van der Waals surface area contributed by atoms with E-state index in [0.29, 0.717) is 5.92 Å². The van der Waals surface area contributed by atoms with E-state index in [1.54, 1.807) is 0 Å². The fraction of sp³-hybridized carbons (Fsp3) is 0.750. The van der Waals surface area contributed by atoms with Crippen LogP contribution >= 0.6 is 0 Å². The first-order valence-electron chi connectivity index (χ1n) is 3.61. The molecule has 0 aromatic rings. The molecule has 0 aromatic heterocycles. The lowest BCUT2D eigenvalue weighted by Gasteiger charge is -1.97. The predicted molar refractivity (Wildman–Crippen MR) is 41.9 cm³/mol. The zero-order chi connectivity index (χ0) is 8.41. The van der Waals surface area contributed by atoms with Gasteiger partial charge < -0.3 is 9.59 Å².